The molecule has 34 heavy (non-hydrogen) atoms. The second-order valence-corrected chi connectivity index (χ2v) is 9.28. The van der Waals surface area contributed by atoms with Gasteiger partial charge in [0.05, 0.1) is 17.4 Å². The van der Waals surface area contributed by atoms with Crippen molar-refractivity contribution in [1.82, 2.24) is 19.7 Å². The number of thioether (sulfide) groups is 1. The highest BCUT2D eigenvalue weighted by Crippen LogP contribution is 2.29. The minimum absolute atomic E-state index is 0.177. The fourth-order valence-electron chi connectivity index (χ4n) is 3.31. The van der Waals surface area contributed by atoms with Crippen LogP contribution in [0.4, 0.5) is 5.82 Å². The first kappa shape index (κ1) is 23.8. The Balaban J connectivity index is 1.55. The number of ether oxygens (including phenoxy) is 1. The molecule has 0 saturated carbocycles. The van der Waals surface area contributed by atoms with Crippen LogP contribution >= 0.6 is 23.4 Å². The Labute approximate surface area is 207 Å². The number of rotatable bonds is 9. The Kier molecular flexibility index (Phi) is 7.82. The van der Waals surface area contributed by atoms with Crippen molar-refractivity contribution in [3.8, 4) is 17.1 Å². The molecule has 174 valence electrons. The van der Waals surface area contributed by atoms with Crippen molar-refractivity contribution >= 4 is 35.1 Å². The molecule has 2 heterocycles. The van der Waals surface area contributed by atoms with E-state index in [1.807, 2.05) is 49.4 Å². The number of nitrogens with zero attached hydrogens (tertiary/aromatic N) is 4. The zero-order valence-electron chi connectivity index (χ0n) is 18.8. The quantitative estimate of drug-likeness (QED) is 0.316. The van der Waals surface area contributed by atoms with E-state index in [1.165, 1.54) is 23.5 Å². The number of nitrogens with one attached hydrogen (secondary N) is 1. The molecule has 1 atom stereocenters. The summed E-state index contributed by atoms with van der Waals surface area (Å²) in [6.07, 6.45) is 2.31. The van der Waals surface area contributed by atoms with Gasteiger partial charge in [-0.25, -0.2) is 4.98 Å². The Hall–Kier alpha value is -3.36. The molecular formula is C25H24ClN5O2S. The summed E-state index contributed by atoms with van der Waals surface area (Å²) in [4.78, 5) is 16.9. The number of hydrogen-bond acceptors (Lipinski definition) is 6. The normalized spacial score (nSPS) is 11.7. The maximum atomic E-state index is 12.8. The number of anilines is 1. The van der Waals surface area contributed by atoms with Crippen molar-refractivity contribution in [3.63, 3.8) is 0 Å². The minimum Gasteiger partial charge on any atom is -0.497 e. The lowest BCUT2D eigenvalue weighted by Crippen LogP contribution is -2.23. The van der Waals surface area contributed by atoms with Gasteiger partial charge in [-0.2, -0.15) is 0 Å². The first-order valence-corrected chi connectivity index (χ1v) is 12.0. The van der Waals surface area contributed by atoms with Crippen LogP contribution in [-0.4, -0.2) is 38.0 Å². The van der Waals surface area contributed by atoms with Crippen LogP contribution in [0.3, 0.4) is 0 Å². The average molecular weight is 494 g/mol. The topological polar surface area (TPSA) is 81.9 Å². The third kappa shape index (κ3) is 5.95. The lowest BCUT2D eigenvalue weighted by atomic mass is 10.1. The highest BCUT2D eigenvalue weighted by molar-refractivity contribution is 8.00. The number of hydrogen-bond donors (Lipinski definition) is 1. The van der Waals surface area contributed by atoms with Gasteiger partial charge in [-0.3, -0.25) is 4.79 Å². The van der Waals surface area contributed by atoms with E-state index < -0.39 is 5.25 Å². The average Bonchev–Trinajstić information content (AvgIpc) is 3.27. The summed E-state index contributed by atoms with van der Waals surface area (Å²) in [7, 11) is 1.64. The molecular weight excluding hydrogens is 470 g/mol. The van der Waals surface area contributed by atoms with E-state index in [-0.39, 0.29) is 5.91 Å². The van der Waals surface area contributed by atoms with E-state index in [4.69, 9.17) is 16.3 Å². The molecule has 2 aromatic heterocycles. The Morgan fingerprint density at radius 2 is 1.85 bits per heavy atom. The SMILES string of the molecule is COc1ccc(-c2nnc(SC(C)C(=O)Nc3ccc(Cl)cn3)n2CCc2ccccc2)cc1. The van der Waals surface area contributed by atoms with Gasteiger partial charge >= 0.3 is 0 Å². The number of carbonyl (C=O) groups is 1. The lowest BCUT2D eigenvalue weighted by molar-refractivity contribution is -0.115. The predicted molar refractivity (Wildman–Crippen MR) is 135 cm³/mol. The lowest BCUT2D eigenvalue weighted by Gasteiger charge is -2.14. The molecule has 0 aliphatic carbocycles. The van der Waals surface area contributed by atoms with Gasteiger partial charge in [-0.1, -0.05) is 53.7 Å². The van der Waals surface area contributed by atoms with Gasteiger partial charge in [0, 0.05) is 18.3 Å². The zero-order chi connectivity index (χ0) is 23.9. The fraction of sp³-hybridized carbons (Fsp3) is 0.200. The maximum Gasteiger partial charge on any atom is 0.238 e. The van der Waals surface area contributed by atoms with Gasteiger partial charge in [0.25, 0.3) is 0 Å². The van der Waals surface area contributed by atoms with E-state index in [9.17, 15) is 4.79 Å². The van der Waals surface area contributed by atoms with E-state index in [0.717, 1.165) is 23.6 Å². The summed E-state index contributed by atoms with van der Waals surface area (Å²) >= 11 is 7.23. The predicted octanol–water partition coefficient (Wildman–Crippen LogP) is 5.36. The second-order valence-electron chi connectivity index (χ2n) is 7.53. The van der Waals surface area contributed by atoms with Crippen molar-refractivity contribution < 1.29 is 9.53 Å². The molecule has 4 aromatic rings. The summed E-state index contributed by atoms with van der Waals surface area (Å²) < 4.78 is 7.34. The van der Waals surface area contributed by atoms with Gasteiger partial charge in [-0.05, 0) is 55.3 Å². The summed E-state index contributed by atoms with van der Waals surface area (Å²) in [5.41, 5.74) is 2.14. The minimum atomic E-state index is -0.416. The number of amides is 1. The molecule has 0 aliphatic heterocycles. The van der Waals surface area contributed by atoms with Crippen LogP contribution in [0.5, 0.6) is 5.75 Å². The van der Waals surface area contributed by atoms with Gasteiger partial charge in [0.1, 0.15) is 11.6 Å². The third-order valence-corrected chi connectivity index (χ3v) is 6.47. The van der Waals surface area contributed by atoms with Crippen molar-refractivity contribution in [2.75, 3.05) is 12.4 Å². The smallest absolute Gasteiger partial charge is 0.238 e. The first-order valence-electron chi connectivity index (χ1n) is 10.7. The summed E-state index contributed by atoms with van der Waals surface area (Å²) in [5.74, 6) is 1.79. The molecule has 9 heteroatoms. The van der Waals surface area contributed by atoms with Gasteiger partial charge in [0.15, 0.2) is 11.0 Å². The van der Waals surface area contributed by atoms with Crippen molar-refractivity contribution in [1.29, 1.82) is 0 Å². The molecule has 7 nitrogen and oxygen atoms in total. The van der Waals surface area contributed by atoms with Gasteiger partial charge in [-0.15, -0.1) is 10.2 Å². The number of carbonyl (C=O) groups excluding carboxylic acids is 1. The number of aromatic nitrogens is 4. The number of methoxy groups -OCH3 is 1. The number of aryl methyl sites for hydroxylation is 1. The van der Waals surface area contributed by atoms with Crippen LogP contribution in [-0.2, 0) is 17.8 Å². The molecule has 1 amide bonds. The van der Waals surface area contributed by atoms with Crippen LogP contribution in [0.1, 0.15) is 12.5 Å². The Bertz CT molecular complexity index is 1230. The van der Waals surface area contributed by atoms with E-state index in [0.29, 0.717) is 22.5 Å². The van der Waals surface area contributed by atoms with Crippen LogP contribution in [0.25, 0.3) is 11.4 Å². The fourth-order valence-corrected chi connectivity index (χ4v) is 4.29. The number of halogens is 1. The van der Waals surface area contributed by atoms with Crippen molar-refractivity contribution in [3.05, 3.63) is 83.5 Å². The highest BCUT2D eigenvalue weighted by Gasteiger charge is 2.21. The molecule has 1 unspecified atom stereocenters. The molecule has 0 spiro atoms. The molecule has 0 saturated heterocycles. The van der Waals surface area contributed by atoms with Crippen molar-refractivity contribution in [2.24, 2.45) is 0 Å². The summed E-state index contributed by atoms with van der Waals surface area (Å²) in [5, 5.41) is 12.5. The van der Waals surface area contributed by atoms with Crippen LogP contribution in [0.15, 0.2) is 78.1 Å². The van der Waals surface area contributed by atoms with Crippen LogP contribution in [0.2, 0.25) is 5.02 Å². The molecule has 1 N–H and O–H groups in total. The first-order chi connectivity index (χ1) is 16.5. The largest absolute Gasteiger partial charge is 0.497 e. The molecule has 0 fully saturated rings. The Morgan fingerprint density at radius 1 is 1.09 bits per heavy atom. The van der Waals surface area contributed by atoms with Crippen molar-refractivity contribution in [2.45, 2.75) is 30.3 Å². The van der Waals surface area contributed by atoms with Gasteiger partial charge < -0.3 is 14.6 Å². The monoisotopic (exact) mass is 493 g/mol. The number of benzene rings is 2. The number of pyridine rings is 1. The summed E-state index contributed by atoms with van der Waals surface area (Å²) in [6.45, 7) is 2.51. The highest BCUT2D eigenvalue weighted by atomic mass is 35.5. The molecule has 0 aliphatic rings. The molecule has 4 rings (SSSR count). The van der Waals surface area contributed by atoms with E-state index >= 15 is 0 Å². The van der Waals surface area contributed by atoms with Crippen LogP contribution < -0.4 is 10.1 Å². The summed E-state index contributed by atoms with van der Waals surface area (Å²) in [6, 6.07) is 21.3. The standard InChI is InChI=1S/C25H24ClN5O2S/c1-17(24(32)28-22-13-10-20(26)16-27-22)34-25-30-29-23(19-8-11-21(33-2)12-9-19)31(25)15-14-18-6-4-3-5-7-18/h3-13,16-17H,14-15H2,1-2H3,(H,27,28,32). The molecule has 0 bridgehead atoms. The van der Waals surface area contributed by atoms with E-state index in [2.05, 4.69) is 37.2 Å². The third-order valence-electron chi connectivity index (χ3n) is 5.16. The second kappa shape index (κ2) is 11.2. The molecule has 0 radical (unpaired) electrons. The Morgan fingerprint density at radius 3 is 2.53 bits per heavy atom. The van der Waals surface area contributed by atoms with Crippen LogP contribution in [0, 0.1) is 0 Å². The molecule has 2 aromatic carbocycles. The zero-order valence-corrected chi connectivity index (χ0v) is 20.4. The maximum absolute atomic E-state index is 12.8. The van der Waals surface area contributed by atoms with Gasteiger partial charge in [0.2, 0.25) is 5.91 Å². The van der Waals surface area contributed by atoms with E-state index in [1.54, 1.807) is 19.2 Å².